The van der Waals surface area contributed by atoms with Gasteiger partial charge in [0, 0.05) is 22.0 Å². The Kier molecular flexibility index (Phi) is 6.67. The van der Waals surface area contributed by atoms with Crippen molar-refractivity contribution in [3.05, 3.63) is 162 Å². The van der Waals surface area contributed by atoms with Crippen LogP contribution < -0.4 is 4.68 Å². The number of benzene rings is 5. The summed E-state index contributed by atoms with van der Waals surface area (Å²) in [5.41, 5.74) is 7.04. The van der Waals surface area contributed by atoms with E-state index in [1.807, 2.05) is 18.2 Å². The zero-order valence-electron chi connectivity index (χ0n) is 20.7. The fourth-order valence-electron chi connectivity index (χ4n) is 5.24. The number of hydrogen-bond acceptors (Lipinski definition) is 2. The van der Waals surface area contributed by atoms with Crippen LogP contribution in [0.4, 0.5) is 0 Å². The van der Waals surface area contributed by atoms with E-state index in [0.717, 1.165) is 44.5 Å². The molecule has 1 N–H and O–H groups in total. The van der Waals surface area contributed by atoms with E-state index in [-0.39, 0.29) is 0 Å². The van der Waals surface area contributed by atoms with Crippen molar-refractivity contribution in [2.75, 3.05) is 0 Å². The van der Waals surface area contributed by atoms with E-state index < -0.39 is 5.54 Å². The Hall–Kier alpha value is -4.35. The van der Waals surface area contributed by atoms with Crippen LogP contribution in [0.5, 0.6) is 0 Å². The molecule has 0 unspecified atom stereocenters. The van der Waals surface area contributed by atoms with Crippen molar-refractivity contribution in [1.82, 2.24) is 15.5 Å². The molecule has 0 atom stereocenters. The predicted molar refractivity (Wildman–Crippen MR) is 155 cm³/mol. The standard InChI is InChI=1S/C33H25BrN4/c34-24-25-20-22-26(23-21-25)30-18-10-11-19-31(30)32-35-36-37-38(32)33(27-12-4-1-5-13-27,28-14-6-2-7-15-28)29-16-8-3-9-17-29/h1-23H,24H2/p+1. The molecule has 0 aliphatic heterocycles. The van der Waals surface area contributed by atoms with Crippen LogP contribution in [0.1, 0.15) is 22.3 Å². The molecule has 5 aromatic carbocycles. The van der Waals surface area contributed by atoms with Gasteiger partial charge in [0.15, 0.2) is 10.8 Å². The number of tetrazole rings is 1. The monoisotopic (exact) mass is 557 g/mol. The van der Waals surface area contributed by atoms with Crippen molar-refractivity contribution >= 4 is 15.9 Å². The molecule has 0 amide bonds. The molecule has 1 heterocycles. The van der Waals surface area contributed by atoms with Gasteiger partial charge in [-0.1, -0.05) is 155 Å². The van der Waals surface area contributed by atoms with Crippen LogP contribution >= 0.6 is 15.9 Å². The van der Waals surface area contributed by atoms with Crippen LogP contribution in [-0.4, -0.2) is 15.5 Å². The van der Waals surface area contributed by atoms with E-state index in [4.69, 9.17) is 5.10 Å². The molecular weight excluding hydrogens is 532 g/mol. The third kappa shape index (κ3) is 4.15. The van der Waals surface area contributed by atoms with E-state index >= 15 is 0 Å². The Balaban J connectivity index is 1.66. The Morgan fingerprint density at radius 1 is 0.579 bits per heavy atom. The van der Waals surface area contributed by atoms with Crippen molar-refractivity contribution in [3.8, 4) is 22.5 Å². The van der Waals surface area contributed by atoms with E-state index in [2.05, 4.69) is 152 Å². The average Bonchev–Trinajstić information content (AvgIpc) is 3.49. The molecule has 4 nitrogen and oxygen atoms in total. The molecule has 6 rings (SSSR count). The Labute approximate surface area is 230 Å². The van der Waals surface area contributed by atoms with Gasteiger partial charge in [-0.25, -0.2) is 0 Å². The highest BCUT2D eigenvalue weighted by atomic mass is 79.9. The molecule has 6 aromatic rings. The highest BCUT2D eigenvalue weighted by Crippen LogP contribution is 2.38. The average molecular weight is 559 g/mol. The number of nitrogens with one attached hydrogen (secondary N) is 1. The molecule has 184 valence electrons. The maximum Gasteiger partial charge on any atom is 0.334 e. The van der Waals surface area contributed by atoms with Crippen molar-refractivity contribution in [2.24, 2.45) is 0 Å². The van der Waals surface area contributed by atoms with Crippen LogP contribution in [0.3, 0.4) is 0 Å². The lowest BCUT2D eigenvalue weighted by molar-refractivity contribution is -0.779. The number of rotatable bonds is 7. The zero-order chi connectivity index (χ0) is 25.8. The largest absolute Gasteiger partial charge is 0.334 e. The Morgan fingerprint density at radius 2 is 1.05 bits per heavy atom. The summed E-state index contributed by atoms with van der Waals surface area (Å²) in [5.74, 6) is 0.752. The summed E-state index contributed by atoms with van der Waals surface area (Å²) in [7, 11) is 0. The number of H-pyrrole nitrogens is 1. The van der Waals surface area contributed by atoms with E-state index in [0.29, 0.717) is 0 Å². The third-order valence-corrected chi connectivity index (χ3v) is 7.65. The van der Waals surface area contributed by atoms with Gasteiger partial charge in [-0.3, -0.25) is 0 Å². The minimum Gasteiger partial charge on any atom is -0.138 e. The normalized spacial score (nSPS) is 11.4. The van der Waals surface area contributed by atoms with Gasteiger partial charge in [0.2, 0.25) is 0 Å². The Morgan fingerprint density at radius 3 is 1.55 bits per heavy atom. The zero-order valence-corrected chi connectivity index (χ0v) is 22.3. The second kappa shape index (κ2) is 10.6. The highest BCUT2D eigenvalue weighted by molar-refractivity contribution is 9.08. The van der Waals surface area contributed by atoms with Gasteiger partial charge in [0.25, 0.3) is 0 Å². The maximum atomic E-state index is 4.70. The van der Waals surface area contributed by atoms with Crippen molar-refractivity contribution < 1.29 is 4.68 Å². The van der Waals surface area contributed by atoms with Gasteiger partial charge in [0.05, 0.1) is 5.56 Å². The molecular formula is C33H26BrN4+. The molecule has 0 radical (unpaired) electrons. The third-order valence-electron chi connectivity index (χ3n) is 7.00. The minimum absolute atomic E-state index is 0.741. The molecule has 0 aliphatic carbocycles. The highest BCUT2D eigenvalue weighted by Gasteiger charge is 2.46. The molecule has 38 heavy (non-hydrogen) atoms. The first-order chi connectivity index (χ1) is 18.8. The topological polar surface area (TPSA) is 45.5 Å². The molecule has 0 saturated carbocycles. The number of halogens is 1. The number of aromatic nitrogens is 4. The molecule has 5 heteroatoms. The van der Waals surface area contributed by atoms with Crippen molar-refractivity contribution in [2.45, 2.75) is 10.9 Å². The quantitative estimate of drug-likeness (QED) is 0.128. The van der Waals surface area contributed by atoms with Crippen LogP contribution in [0, 0.1) is 0 Å². The number of nitrogens with zero attached hydrogens (tertiary/aromatic N) is 3. The number of hydrogen-bond donors (Lipinski definition) is 1. The lowest BCUT2D eigenvalue weighted by Gasteiger charge is -2.33. The first-order valence-corrected chi connectivity index (χ1v) is 13.7. The van der Waals surface area contributed by atoms with E-state index in [1.54, 1.807) is 0 Å². The van der Waals surface area contributed by atoms with Gasteiger partial charge in [-0.2, -0.15) is 0 Å². The van der Waals surface area contributed by atoms with Crippen molar-refractivity contribution in [3.63, 3.8) is 0 Å². The molecule has 0 saturated heterocycles. The lowest BCUT2D eigenvalue weighted by Crippen LogP contribution is -2.61. The van der Waals surface area contributed by atoms with E-state index in [9.17, 15) is 0 Å². The van der Waals surface area contributed by atoms with Gasteiger partial charge in [-0.15, -0.1) is 4.68 Å². The summed E-state index contributed by atoms with van der Waals surface area (Å²) >= 11 is 3.56. The first kappa shape index (κ1) is 24.0. The van der Waals surface area contributed by atoms with E-state index in [1.165, 1.54) is 5.56 Å². The summed E-state index contributed by atoms with van der Waals surface area (Å²) in [4.78, 5) is 0. The van der Waals surface area contributed by atoms with Crippen molar-refractivity contribution in [1.29, 1.82) is 0 Å². The Bertz CT molecular complexity index is 1530. The smallest absolute Gasteiger partial charge is 0.138 e. The van der Waals surface area contributed by atoms with Gasteiger partial charge in [-0.05, 0) is 22.8 Å². The van der Waals surface area contributed by atoms with Gasteiger partial charge in [0.1, 0.15) is 5.10 Å². The maximum absolute atomic E-state index is 4.70. The first-order valence-electron chi connectivity index (χ1n) is 12.6. The summed E-state index contributed by atoms with van der Waals surface area (Å²) in [6.07, 6.45) is 0. The summed E-state index contributed by atoms with van der Waals surface area (Å²) in [6.45, 7) is 0. The second-order valence-electron chi connectivity index (χ2n) is 9.14. The summed E-state index contributed by atoms with van der Waals surface area (Å²) in [6, 6.07) is 48.7. The molecule has 1 aromatic heterocycles. The van der Waals surface area contributed by atoms with Crippen LogP contribution in [-0.2, 0) is 10.9 Å². The number of alkyl halides is 1. The summed E-state index contributed by atoms with van der Waals surface area (Å²) in [5, 5.41) is 13.2. The fourth-order valence-corrected chi connectivity index (χ4v) is 5.62. The second-order valence-corrected chi connectivity index (χ2v) is 9.70. The van der Waals surface area contributed by atoms with Gasteiger partial charge >= 0.3 is 5.82 Å². The molecule has 0 spiro atoms. The molecule has 0 bridgehead atoms. The molecule has 0 aliphatic rings. The lowest BCUT2D eigenvalue weighted by atomic mass is 9.77. The SMILES string of the molecule is BrCc1ccc(-c2ccccc2-c2nn[nH][n+]2C(c2ccccc2)(c2ccccc2)c2ccccc2)cc1. The number of aromatic amines is 1. The van der Waals surface area contributed by atoms with Crippen LogP contribution in [0.25, 0.3) is 22.5 Å². The predicted octanol–water partition coefficient (Wildman–Crippen LogP) is 7.16. The van der Waals surface area contributed by atoms with Gasteiger partial charge < -0.3 is 0 Å². The van der Waals surface area contributed by atoms with Crippen LogP contribution in [0.15, 0.2) is 140 Å². The fraction of sp³-hybridized carbons (Fsp3) is 0.0606. The minimum atomic E-state index is -0.741. The summed E-state index contributed by atoms with van der Waals surface area (Å²) < 4.78 is 2.11. The molecule has 0 fully saturated rings. The van der Waals surface area contributed by atoms with Crippen LogP contribution in [0.2, 0.25) is 0 Å².